The number of hydrogen-bond acceptors (Lipinski definition) is 6. The molecule has 156 valence electrons. The van der Waals surface area contributed by atoms with E-state index in [9.17, 15) is 0 Å². The number of hydrogen-bond donors (Lipinski definition) is 1. The number of nitrogen functional groups attached to an aromatic ring is 1. The van der Waals surface area contributed by atoms with Crippen LogP contribution in [0.1, 0.15) is 19.4 Å². The van der Waals surface area contributed by atoms with Crippen LogP contribution in [0, 0.1) is 0 Å². The van der Waals surface area contributed by atoms with Crippen LogP contribution in [0.2, 0.25) is 0 Å². The first-order valence-corrected chi connectivity index (χ1v) is 10.4. The molecule has 5 aromatic rings. The molecule has 1 aromatic carbocycles. The van der Waals surface area contributed by atoms with E-state index in [1.165, 1.54) is 6.39 Å². The average molecular weight is 433 g/mol. The van der Waals surface area contributed by atoms with E-state index in [1.54, 1.807) is 12.5 Å². The molecule has 0 amide bonds. The summed E-state index contributed by atoms with van der Waals surface area (Å²) in [7, 11) is 0. The lowest BCUT2D eigenvalue weighted by Crippen LogP contribution is -2.02. The molecule has 0 saturated heterocycles. The molecule has 0 bridgehead atoms. The summed E-state index contributed by atoms with van der Waals surface area (Å²) in [6, 6.07) is 15.4. The molecule has 7 nitrogen and oxygen atoms in total. The predicted octanol–water partition coefficient (Wildman–Crippen LogP) is 5.48. The lowest BCUT2D eigenvalue weighted by atomic mass is 10.2. The Labute approximate surface area is 184 Å². The summed E-state index contributed by atoms with van der Waals surface area (Å²) in [4.78, 5) is 18.0. The summed E-state index contributed by atoms with van der Waals surface area (Å²) < 4.78 is 7.06. The van der Waals surface area contributed by atoms with E-state index in [-0.39, 0.29) is 0 Å². The van der Waals surface area contributed by atoms with Crippen molar-refractivity contribution in [2.75, 3.05) is 5.73 Å². The van der Waals surface area contributed by atoms with Gasteiger partial charge in [0, 0.05) is 17.8 Å². The van der Waals surface area contributed by atoms with Crippen LogP contribution >= 0.6 is 11.6 Å². The first-order valence-electron chi connectivity index (χ1n) is 9.89. The summed E-state index contributed by atoms with van der Waals surface area (Å²) in [5, 5.41) is 0. The SMILES string of the molecule is CC.Nc1ncccc1-c1nc2ccc(-c3cocn3)nc2n1-c1ccc(CCl)cc1. The Morgan fingerprint density at radius 1 is 0.968 bits per heavy atom. The van der Waals surface area contributed by atoms with Gasteiger partial charge in [-0.3, -0.25) is 4.57 Å². The molecule has 0 saturated carbocycles. The molecule has 0 spiro atoms. The van der Waals surface area contributed by atoms with E-state index in [1.807, 2.05) is 66.9 Å². The number of pyridine rings is 2. The average Bonchev–Trinajstić information content (AvgIpc) is 3.49. The summed E-state index contributed by atoms with van der Waals surface area (Å²) in [5.41, 5.74) is 11.6. The second kappa shape index (κ2) is 8.97. The monoisotopic (exact) mass is 432 g/mol. The van der Waals surface area contributed by atoms with Gasteiger partial charge in [0.25, 0.3) is 0 Å². The topological polar surface area (TPSA) is 95.7 Å². The Bertz CT molecular complexity index is 1300. The van der Waals surface area contributed by atoms with E-state index in [0.717, 1.165) is 22.3 Å². The zero-order valence-electron chi connectivity index (χ0n) is 17.2. The molecule has 0 aliphatic rings. The second-order valence-corrected chi connectivity index (χ2v) is 6.69. The third-order valence-corrected chi connectivity index (χ3v) is 4.94. The molecular formula is C23H21ClN6O. The summed E-state index contributed by atoms with van der Waals surface area (Å²) in [5.74, 6) is 1.51. The molecule has 0 unspecified atom stereocenters. The van der Waals surface area contributed by atoms with E-state index >= 15 is 0 Å². The van der Waals surface area contributed by atoms with Crippen molar-refractivity contribution >= 4 is 28.6 Å². The maximum absolute atomic E-state index is 6.15. The van der Waals surface area contributed by atoms with Gasteiger partial charge in [-0.2, -0.15) is 0 Å². The van der Waals surface area contributed by atoms with Gasteiger partial charge < -0.3 is 10.2 Å². The molecule has 0 aliphatic carbocycles. The Kier molecular flexibility index (Phi) is 5.95. The van der Waals surface area contributed by atoms with Crippen LogP contribution in [0.5, 0.6) is 0 Å². The van der Waals surface area contributed by atoms with E-state index in [4.69, 9.17) is 31.7 Å². The van der Waals surface area contributed by atoms with Crippen LogP contribution in [0.25, 0.3) is 39.6 Å². The van der Waals surface area contributed by atoms with Crippen LogP contribution < -0.4 is 5.73 Å². The lowest BCUT2D eigenvalue weighted by Gasteiger charge is -2.11. The fourth-order valence-corrected chi connectivity index (χ4v) is 3.38. The van der Waals surface area contributed by atoms with Crippen molar-refractivity contribution in [1.29, 1.82) is 0 Å². The Hall–Kier alpha value is -3.71. The zero-order chi connectivity index (χ0) is 21.8. The highest BCUT2D eigenvalue weighted by molar-refractivity contribution is 6.17. The van der Waals surface area contributed by atoms with Gasteiger partial charge in [0.05, 0.1) is 11.3 Å². The van der Waals surface area contributed by atoms with Gasteiger partial charge in [-0.15, -0.1) is 11.6 Å². The highest BCUT2D eigenvalue weighted by Crippen LogP contribution is 2.31. The highest BCUT2D eigenvalue weighted by atomic mass is 35.5. The fraction of sp³-hybridized carbons (Fsp3) is 0.130. The third-order valence-electron chi connectivity index (χ3n) is 4.63. The first-order chi connectivity index (χ1) is 15.2. The van der Waals surface area contributed by atoms with Crippen LogP contribution in [-0.2, 0) is 5.88 Å². The molecule has 8 heteroatoms. The minimum absolute atomic E-state index is 0.401. The molecule has 5 rings (SSSR count). The normalized spacial score (nSPS) is 10.7. The molecule has 2 N–H and O–H groups in total. The number of alkyl halides is 1. The predicted molar refractivity (Wildman–Crippen MR) is 123 cm³/mol. The molecular weight excluding hydrogens is 412 g/mol. The minimum Gasteiger partial charge on any atom is -0.451 e. The number of fused-ring (bicyclic) bond motifs is 1. The zero-order valence-corrected chi connectivity index (χ0v) is 17.9. The number of benzene rings is 1. The lowest BCUT2D eigenvalue weighted by molar-refractivity contribution is 0.558. The summed E-state index contributed by atoms with van der Waals surface area (Å²) in [6.45, 7) is 4.00. The van der Waals surface area contributed by atoms with Crippen molar-refractivity contribution < 1.29 is 4.42 Å². The van der Waals surface area contributed by atoms with E-state index in [0.29, 0.717) is 34.6 Å². The quantitative estimate of drug-likeness (QED) is 0.377. The van der Waals surface area contributed by atoms with Crippen molar-refractivity contribution in [2.24, 2.45) is 0 Å². The molecule has 4 aromatic heterocycles. The Balaban J connectivity index is 0.00000112. The van der Waals surface area contributed by atoms with Gasteiger partial charge in [-0.25, -0.2) is 19.9 Å². The summed E-state index contributed by atoms with van der Waals surface area (Å²) >= 11 is 5.95. The van der Waals surface area contributed by atoms with Crippen LogP contribution in [0.4, 0.5) is 5.82 Å². The number of anilines is 1. The van der Waals surface area contributed by atoms with Crippen molar-refractivity contribution in [1.82, 2.24) is 24.5 Å². The maximum atomic E-state index is 6.15. The minimum atomic E-state index is 0.401. The molecule has 31 heavy (non-hydrogen) atoms. The second-order valence-electron chi connectivity index (χ2n) is 6.42. The van der Waals surface area contributed by atoms with Crippen molar-refractivity contribution in [3.05, 3.63) is 72.9 Å². The number of nitrogens with two attached hydrogens (primary N) is 1. The number of rotatable bonds is 4. The number of halogens is 1. The number of nitrogens with zero attached hydrogens (tertiary/aromatic N) is 5. The first kappa shape index (κ1) is 20.6. The number of imidazole rings is 1. The van der Waals surface area contributed by atoms with Gasteiger partial charge in [-0.1, -0.05) is 26.0 Å². The number of aromatic nitrogens is 5. The van der Waals surface area contributed by atoms with Gasteiger partial charge in [0.1, 0.15) is 23.3 Å². The van der Waals surface area contributed by atoms with Crippen molar-refractivity contribution in [3.8, 4) is 28.5 Å². The van der Waals surface area contributed by atoms with Crippen LogP contribution in [0.3, 0.4) is 0 Å². The molecule has 0 radical (unpaired) electrons. The molecule has 4 heterocycles. The van der Waals surface area contributed by atoms with Gasteiger partial charge in [0.2, 0.25) is 0 Å². The molecule has 0 fully saturated rings. The smallest absolute Gasteiger partial charge is 0.181 e. The third kappa shape index (κ3) is 3.87. The van der Waals surface area contributed by atoms with E-state index in [2.05, 4.69) is 9.97 Å². The fourth-order valence-electron chi connectivity index (χ4n) is 3.20. The Morgan fingerprint density at radius 2 is 1.77 bits per heavy atom. The highest BCUT2D eigenvalue weighted by Gasteiger charge is 2.19. The van der Waals surface area contributed by atoms with Crippen molar-refractivity contribution in [3.63, 3.8) is 0 Å². The van der Waals surface area contributed by atoms with E-state index < -0.39 is 0 Å². The van der Waals surface area contributed by atoms with Crippen LogP contribution in [0.15, 0.2) is 71.8 Å². The van der Waals surface area contributed by atoms with Gasteiger partial charge >= 0.3 is 0 Å². The summed E-state index contributed by atoms with van der Waals surface area (Å²) in [6.07, 6.45) is 4.59. The Morgan fingerprint density at radius 3 is 2.45 bits per heavy atom. The van der Waals surface area contributed by atoms with Gasteiger partial charge in [0.15, 0.2) is 17.9 Å². The molecule has 0 atom stereocenters. The standard InChI is InChI=1S/C21H15ClN6O.C2H6/c22-10-13-3-5-14(6-4-13)28-20(15-2-1-9-24-19(15)23)27-17-8-7-16(26-21(17)28)18-11-29-12-25-18;1-2/h1-9,11-12H,10H2,(H2,23,24);1-2H3. The van der Waals surface area contributed by atoms with Crippen LogP contribution in [-0.4, -0.2) is 24.5 Å². The van der Waals surface area contributed by atoms with Gasteiger partial charge in [-0.05, 0) is 42.0 Å². The van der Waals surface area contributed by atoms with Crippen molar-refractivity contribution in [2.45, 2.75) is 19.7 Å². The largest absolute Gasteiger partial charge is 0.451 e. The number of oxazole rings is 1. The maximum Gasteiger partial charge on any atom is 0.181 e. The molecule has 0 aliphatic heterocycles.